The van der Waals surface area contributed by atoms with E-state index in [9.17, 15) is 0 Å². The van der Waals surface area contributed by atoms with Crippen LogP contribution in [0.3, 0.4) is 0 Å². The molecule has 0 aliphatic carbocycles. The molecule has 3 N–H and O–H groups in total. The number of nitrogens with one attached hydrogen (secondary N) is 1. The highest BCUT2D eigenvalue weighted by atomic mass is 79.9. The molecule has 2 aromatic carbocycles. The van der Waals surface area contributed by atoms with E-state index in [1.807, 2.05) is 24.3 Å². The van der Waals surface area contributed by atoms with E-state index in [-0.39, 0.29) is 0 Å². The Kier molecular flexibility index (Phi) is 4.78. The van der Waals surface area contributed by atoms with Crippen LogP contribution in [0.2, 0.25) is 0 Å². The largest absolute Gasteiger partial charge is 0.389 e. The summed E-state index contributed by atoms with van der Waals surface area (Å²) in [5.74, 6) is 0.495. The maximum atomic E-state index is 5.77. The molecule has 0 saturated heterocycles. The Morgan fingerprint density at radius 1 is 1.20 bits per heavy atom. The zero-order valence-corrected chi connectivity index (χ0v) is 13.9. The van der Waals surface area contributed by atoms with E-state index in [2.05, 4.69) is 53.3 Å². The van der Waals surface area contributed by atoms with Gasteiger partial charge in [0.25, 0.3) is 0 Å². The highest BCUT2D eigenvalue weighted by molar-refractivity contribution is 9.10. The van der Waals surface area contributed by atoms with E-state index < -0.39 is 0 Å². The summed E-state index contributed by atoms with van der Waals surface area (Å²) in [6, 6.07) is 14.2. The molecule has 0 atom stereocenters. The van der Waals surface area contributed by atoms with Gasteiger partial charge in [0.2, 0.25) is 0 Å². The third-order valence-corrected chi connectivity index (χ3v) is 3.79. The molecule has 0 saturated carbocycles. The number of thiocarbonyl (C=S) groups is 1. The van der Waals surface area contributed by atoms with Gasteiger partial charge in [0, 0.05) is 21.4 Å². The Hall–Kier alpha value is -1.39. The molecule has 2 nitrogen and oxygen atoms in total. The molecule has 2 rings (SSSR count). The van der Waals surface area contributed by atoms with Crippen molar-refractivity contribution in [3.8, 4) is 0 Å². The minimum atomic E-state index is 0.389. The fourth-order valence-electron chi connectivity index (χ4n) is 1.97. The molecule has 0 spiro atoms. The van der Waals surface area contributed by atoms with Crippen LogP contribution >= 0.6 is 28.1 Å². The lowest BCUT2D eigenvalue weighted by Gasteiger charge is -2.14. The molecule has 0 radical (unpaired) electrons. The van der Waals surface area contributed by atoms with Crippen molar-refractivity contribution in [3.63, 3.8) is 0 Å². The second-order valence-electron chi connectivity index (χ2n) is 4.96. The molecule has 0 heterocycles. The van der Waals surface area contributed by atoms with Crippen LogP contribution in [0.1, 0.15) is 30.9 Å². The molecule has 0 amide bonds. The van der Waals surface area contributed by atoms with E-state index in [0.717, 1.165) is 21.4 Å². The van der Waals surface area contributed by atoms with Crippen LogP contribution in [0.15, 0.2) is 46.9 Å². The molecule has 0 fully saturated rings. The van der Waals surface area contributed by atoms with Crippen LogP contribution in [0.4, 0.5) is 11.4 Å². The van der Waals surface area contributed by atoms with Gasteiger partial charge in [0.15, 0.2) is 0 Å². The van der Waals surface area contributed by atoms with Gasteiger partial charge in [-0.2, -0.15) is 0 Å². The van der Waals surface area contributed by atoms with Crippen LogP contribution in [0, 0.1) is 0 Å². The SMILES string of the molecule is CC(C)c1cccc(Nc2cc(Br)ccc2C(N)=S)c1. The Morgan fingerprint density at radius 2 is 1.95 bits per heavy atom. The number of hydrogen-bond donors (Lipinski definition) is 2. The molecule has 4 heteroatoms. The lowest BCUT2D eigenvalue weighted by atomic mass is 10.0. The normalized spacial score (nSPS) is 10.6. The topological polar surface area (TPSA) is 38.0 Å². The number of anilines is 2. The summed E-state index contributed by atoms with van der Waals surface area (Å²) in [6.45, 7) is 4.36. The summed E-state index contributed by atoms with van der Waals surface area (Å²) in [4.78, 5) is 0.389. The van der Waals surface area contributed by atoms with Crippen LogP contribution in [-0.4, -0.2) is 4.99 Å². The van der Waals surface area contributed by atoms with Crippen LogP contribution in [-0.2, 0) is 0 Å². The number of benzene rings is 2. The second-order valence-corrected chi connectivity index (χ2v) is 6.31. The second kappa shape index (κ2) is 6.37. The monoisotopic (exact) mass is 348 g/mol. The first kappa shape index (κ1) is 15.0. The van der Waals surface area contributed by atoms with Crippen LogP contribution < -0.4 is 11.1 Å². The van der Waals surface area contributed by atoms with E-state index in [4.69, 9.17) is 18.0 Å². The lowest BCUT2D eigenvalue weighted by molar-refractivity contribution is 0.867. The predicted molar refractivity (Wildman–Crippen MR) is 93.8 cm³/mol. The third-order valence-electron chi connectivity index (χ3n) is 3.08. The van der Waals surface area contributed by atoms with E-state index in [1.165, 1.54) is 5.56 Å². The molecular formula is C16H17BrN2S. The maximum Gasteiger partial charge on any atom is 0.106 e. The smallest absolute Gasteiger partial charge is 0.106 e. The minimum Gasteiger partial charge on any atom is -0.389 e. The molecule has 2 aromatic rings. The minimum absolute atomic E-state index is 0.389. The molecule has 0 bridgehead atoms. The van der Waals surface area contributed by atoms with Crippen molar-refractivity contribution in [1.29, 1.82) is 0 Å². The summed E-state index contributed by atoms with van der Waals surface area (Å²) in [6.07, 6.45) is 0. The summed E-state index contributed by atoms with van der Waals surface area (Å²) in [5, 5.41) is 3.39. The number of halogens is 1. The summed E-state index contributed by atoms with van der Waals surface area (Å²) in [7, 11) is 0. The number of nitrogens with two attached hydrogens (primary N) is 1. The Balaban J connectivity index is 2.36. The fourth-order valence-corrected chi connectivity index (χ4v) is 2.50. The molecule has 0 aliphatic rings. The van der Waals surface area contributed by atoms with Crippen molar-refractivity contribution in [2.75, 3.05) is 5.32 Å². The molecule has 20 heavy (non-hydrogen) atoms. The molecule has 104 valence electrons. The zero-order valence-electron chi connectivity index (χ0n) is 11.5. The maximum absolute atomic E-state index is 5.77. The fraction of sp³-hybridized carbons (Fsp3) is 0.188. The van der Waals surface area contributed by atoms with E-state index in [0.29, 0.717) is 10.9 Å². The summed E-state index contributed by atoms with van der Waals surface area (Å²) >= 11 is 8.57. The first-order chi connectivity index (χ1) is 9.47. The van der Waals surface area contributed by atoms with Gasteiger partial charge < -0.3 is 11.1 Å². The Bertz CT molecular complexity index is 638. The van der Waals surface area contributed by atoms with Gasteiger partial charge in [-0.15, -0.1) is 0 Å². The Morgan fingerprint density at radius 3 is 2.60 bits per heavy atom. The first-order valence-corrected chi connectivity index (χ1v) is 7.64. The molecule has 0 unspecified atom stereocenters. The van der Waals surface area contributed by atoms with Gasteiger partial charge in [0.05, 0.1) is 0 Å². The average molecular weight is 349 g/mol. The molecule has 0 aliphatic heterocycles. The highest BCUT2D eigenvalue weighted by Crippen LogP contribution is 2.26. The van der Waals surface area contributed by atoms with Gasteiger partial charge in [-0.05, 0) is 41.8 Å². The molecular weight excluding hydrogens is 332 g/mol. The van der Waals surface area contributed by atoms with E-state index in [1.54, 1.807) is 0 Å². The first-order valence-electron chi connectivity index (χ1n) is 6.43. The van der Waals surface area contributed by atoms with Crippen molar-refractivity contribution in [2.24, 2.45) is 5.73 Å². The highest BCUT2D eigenvalue weighted by Gasteiger charge is 2.07. The summed E-state index contributed by atoms with van der Waals surface area (Å²) in [5.41, 5.74) is 9.86. The van der Waals surface area contributed by atoms with Gasteiger partial charge >= 0.3 is 0 Å². The van der Waals surface area contributed by atoms with Gasteiger partial charge in [-0.25, -0.2) is 0 Å². The van der Waals surface area contributed by atoms with Crippen molar-refractivity contribution < 1.29 is 0 Å². The predicted octanol–water partition coefficient (Wildman–Crippen LogP) is 4.95. The summed E-state index contributed by atoms with van der Waals surface area (Å²) < 4.78 is 0.986. The third kappa shape index (κ3) is 3.58. The van der Waals surface area contributed by atoms with Crippen molar-refractivity contribution in [3.05, 3.63) is 58.1 Å². The van der Waals surface area contributed by atoms with Gasteiger partial charge in [-0.1, -0.05) is 54.1 Å². The van der Waals surface area contributed by atoms with Crippen molar-refractivity contribution in [1.82, 2.24) is 0 Å². The zero-order chi connectivity index (χ0) is 14.7. The molecule has 0 aromatic heterocycles. The van der Waals surface area contributed by atoms with Crippen molar-refractivity contribution in [2.45, 2.75) is 19.8 Å². The van der Waals surface area contributed by atoms with Crippen LogP contribution in [0.25, 0.3) is 0 Å². The number of rotatable bonds is 4. The van der Waals surface area contributed by atoms with Gasteiger partial charge in [-0.3, -0.25) is 0 Å². The van der Waals surface area contributed by atoms with Gasteiger partial charge in [0.1, 0.15) is 4.99 Å². The quantitative estimate of drug-likeness (QED) is 0.767. The lowest BCUT2D eigenvalue weighted by Crippen LogP contribution is -2.11. The van der Waals surface area contributed by atoms with E-state index >= 15 is 0 Å². The number of hydrogen-bond acceptors (Lipinski definition) is 2. The van der Waals surface area contributed by atoms with Crippen molar-refractivity contribution >= 4 is 44.5 Å². The van der Waals surface area contributed by atoms with Crippen LogP contribution in [0.5, 0.6) is 0 Å². The standard InChI is InChI=1S/C16H17BrN2S/c1-10(2)11-4-3-5-13(8-11)19-15-9-12(17)6-7-14(15)16(18)20/h3-10,19H,1-2H3,(H2,18,20). The average Bonchev–Trinajstić information content (AvgIpc) is 2.38. The Labute approximate surface area is 133 Å².